The molecular weight excluding hydrogens is 249 g/mol. The normalized spacial score (nSPS) is 11.1. The van der Waals surface area contributed by atoms with Crippen LogP contribution in [0, 0.1) is 12.7 Å². The second kappa shape index (κ2) is 3.91. The summed E-state index contributed by atoms with van der Waals surface area (Å²) in [7, 11) is 0. The summed E-state index contributed by atoms with van der Waals surface area (Å²) in [4.78, 5) is 24.8. The third-order valence-electron chi connectivity index (χ3n) is 2.76. The number of imidazole rings is 1. The van der Waals surface area contributed by atoms with Crippen molar-refractivity contribution in [2.24, 2.45) is 0 Å². The van der Waals surface area contributed by atoms with Gasteiger partial charge in [-0.3, -0.25) is 9.78 Å². The van der Waals surface area contributed by atoms with Gasteiger partial charge in [0.1, 0.15) is 11.6 Å². The monoisotopic (exact) mass is 259 g/mol. The fourth-order valence-electron chi connectivity index (χ4n) is 1.87. The Kier molecular flexibility index (Phi) is 2.34. The van der Waals surface area contributed by atoms with E-state index in [0.717, 1.165) is 5.56 Å². The van der Waals surface area contributed by atoms with E-state index in [1.54, 1.807) is 12.1 Å². The Morgan fingerprint density at radius 1 is 1.26 bits per heavy atom. The van der Waals surface area contributed by atoms with Crippen LogP contribution in [-0.2, 0) is 0 Å². The first-order valence-electron chi connectivity index (χ1n) is 5.56. The Balaban J connectivity index is 2.29. The maximum absolute atomic E-state index is 13.8. The van der Waals surface area contributed by atoms with Crippen LogP contribution in [0.25, 0.3) is 22.6 Å². The number of aromatic amines is 2. The molecule has 1 aromatic carbocycles. The number of H-pyrrole nitrogens is 2. The molecule has 0 aliphatic rings. The molecule has 0 aliphatic heterocycles. The first-order valence-corrected chi connectivity index (χ1v) is 5.56. The molecule has 0 radical (unpaired) electrons. The lowest BCUT2D eigenvalue weighted by molar-refractivity contribution is 0.630. The van der Waals surface area contributed by atoms with Gasteiger partial charge in [0.05, 0.1) is 5.56 Å². The van der Waals surface area contributed by atoms with Crippen molar-refractivity contribution in [1.82, 2.24) is 19.9 Å². The third kappa shape index (κ3) is 1.85. The Morgan fingerprint density at radius 3 is 2.84 bits per heavy atom. The number of hydrogen-bond donors (Lipinski definition) is 3. The molecule has 4 N–H and O–H groups in total. The number of benzene rings is 1. The summed E-state index contributed by atoms with van der Waals surface area (Å²) < 4.78 is 13.8. The summed E-state index contributed by atoms with van der Waals surface area (Å²) in [5.74, 6) is -0.200. The van der Waals surface area contributed by atoms with Crippen LogP contribution >= 0.6 is 0 Å². The smallest absolute Gasteiger partial charge is 0.278 e. The van der Waals surface area contributed by atoms with Crippen LogP contribution in [-0.4, -0.2) is 19.9 Å². The van der Waals surface area contributed by atoms with Gasteiger partial charge in [-0.15, -0.1) is 0 Å². The Bertz CT molecular complexity index is 836. The van der Waals surface area contributed by atoms with E-state index in [-0.39, 0.29) is 28.5 Å². The number of nitrogens with one attached hydrogen (secondary N) is 2. The lowest BCUT2D eigenvalue weighted by atomic mass is 10.1. The highest BCUT2D eigenvalue weighted by atomic mass is 19.1. The fraction of sp³-hybridized carbons (Fsp3) is 0.0833. The van der Waals surface area contributed by atoms with Crippen LogP contribution < -0.4 is 11.3 Å². The van der Waals surface area contributed by atoms with Gasteiger partial charge in [-0.05, 0) is 19.1 Å². The van der Waals surface area contributed by atoms with Gasteiger partial charge in [-0.2, -0.15) is 4.98 Å². The number of aryl methyl sites for hydroxylation is 1. The molecule has 0 aliphatic carbocycles. The molecule has 0 atom stereocenters. The predicted octanol–water partition coefficient (Wildman–Crippen LogP) is 1.34. The minimum absolute atomic E-state index is 0.0275. The molecule has 0 saturated heterocycles. The van der Waals surface area contributed by atoms with Gasteiger partial charge in [-0.25, -0.2) is 9.37 Å². The van der Waals surface area contributed by atoms with Crippen LogP contribution in [0.4, 0.5) is 10.3 Å². The molecule has 0 amide bonds. The van der Waals surface area contributed by atoms with E-state index in [9.17, 15) is 9.18 Å². The predicted molar refractivity (Wildman–Crippen MR) is 69.1 cm³/mol. The molecule has 2 heterocycles. The first-order chi connectivity index (χ1) is 9.04. The van der Waals surface area contributed by atoms with Crippen LogP contribution in [0.15, 0.2) is 23.0 Å². The number of nitrogens with zero attached hydrogens (tertiary/aromatic N) is 2. The molecule has 0 spiro atoms. The molecular formula is C12H10FN5O. The quantitative estimate of drug-likeness (QED) is 0.614. The maximum atomic E-state index is 13.8. The van der Waals surface area contributed by atoms with E-state index in [1.165, 1.54) is 6.07 Å². The average molecular weight is 259 g/mol. The summed E-state index contributed by atoms with van der Waals surface area (Å²) in [5.41, 5.74) is 6.51. The average Bonchev–Trinajstić information content (AvgIpc) is 2.76. The molecule has 19 heavy (non-hydrogen) atoms. The number of aromatic nitrogens is 4. The second-order valence-electron chi connectivity index (χ2n) is 4.22. The van der Waals surface area contributed by atoms with E-state index < -0.39 is 11.4 Å². The molecule has 0 bridgehead atoms. The van der Waals surface area contributed by atoms with Crippen molar-refractivity contribution in [2.45, 2.75) is 6.92 Å². The summed E-state index contributed by atoms with van der Waals surface area (Å²) in [6.07, 6.45) is 0. The van der Waals surface area contributed by atoms with Crippen molar-refractivity contribution in [3.63, 3.8) is 0 Å². The zero-order valence-corrected chi connectivity index (χ0v) is 9.99. The van der Waals surface area contributed by atoms with E-state index >= 15 is 0 Å². The minimum Gasteiger partial charge on any atom is -0.369 e. The van der Waals surface area contributed by atoms with Crippen molar-refractivity contribution in [2.75, 3.05) is 5.73 Å². The van der Waals surface area contributed by atoms with Gasteiger partial charge in [0.15, 0.2) is 11.2 Å². The maximum Gasteiger partial charge on any atom is 0.278 e. The highest BCUT2D eigenvalue weighted by Crippen LogP contribution is 2.22. The molecule has 0 saturated carbocycles. The van der Waals surface area contributed by atoms with Gasteiger partial charge >= 0.3 is 0 Å². The number of fused-ring (bicyclic) bond motifs is 1. The zero-order chi connectivity index (χ0) is 13.6. The molecule has 3 aromatic rings. The van der Waals surface area contributed by atoms with Crippen molar-refractivity contribution < 1.29 is 4.39 Å². The first kappa shape index (κ1) is 11.4. The van der Waals surface area contributed by atoms with Crippen LogP contribution in [0.1, 0.15) is 5.56 Å². The largest absolute Gasteiger partial charge is 0.369 e. The van der Waals surface area contributed by atoms with Gasteiger partial charge in [0.2, 0.25) is 5.95 Å². The number of rotatable bonds is 1. The molecule has 0 unspecified atom stereocenters. The van der Waals surface area contributed by atoms with E-state index in [0.29, 0.717) is 0 Å². The van der Waals surface area contributed by atoms with Crippen molar-refractivity contribution in [3.8, 4) is 11.4 Å². The van der Waals surface area contributed by atoms with Crippen molar-refractivity contribution in [3.05, 3.63) is 39.9 Å². The third-order valence-corrected chi connectivity index (χ3v) is 2.76. The lowest BCUT2D eigenvalue weighted by Crippen LogP contribution is -2.10. The van der Waals surface area contributed by atoms with Gasteiger partial charge in [0.25, 0.3) is 5.56 Å². The Morgan fingerprint density at radius 2 is 2.05 bits per heavy atom. The standard InChI is InChI=1S/C12H10FN5O/c1-5-2-3-7(13)6(4-5)9-15-8-10(16-9)17-12(14)18-11(8)19/h2-4H,1H3,(H4,14,15,16,17,18,19). The van der Waals surface area contributed by atoms with Gasteiger partial charge < -0.3 is 10.7 Å². The number of nitrogens with two attached hydrogens (primary N) is 1. The molecule has 96 valence electrons. The van der Waals surface area contributed by atoms with Crippen LogP contribution in [0.3, 0.4) is 0 Å². The Labute approximate surface area is 106 Å². The highest BCUT2D eigenvalue weighted by Gasteiger charge is 2.13. The topological polar surface area (TPSA) is 100 Å². The molecule has 7 heteroatoms. The van der Waals surface area contributed by atoms with Crippen LogP contribution in [0.2, 0.25) is 0 Å². The Hall–Kier alpha value is -2.70. The highest BCUT2D eigenvalue weighted by molar-refractivity contribution is 5.76. The van der Waals surface area contributed by atoms with Crippen molar-refractivity contribution >= 4 is 17.1 Å². The van der Waals surface area contributed by atoms with Gasteiger partial charge in [0, 0.05) is 0 Å². The summed E-state index contributed by atoms with van der Waals surface area (Å²) in [6, 6.07) is 4.65. The summed E-state index contributed by atoms with van der Waals surface area (Å²) in [5, 5.41) is 0. The zero-order valence-electron chi connectivity index (χ0n) is 9.99. The van der Waals surface area contributed by atoms with Gasteiger partial charge in [-0.1, -0.05) is 11.6 Å². The fourth-order valence-corrected chi connectivity index (χ4v) is 1.87. The number of halogens is 1. The molecule has 0 fully saturated rings. The second-order valence-corrected chi connectivity index (χ2v) is 4.22. The van der Waals surface area contributed by atoms with Crippen molar-refractivity contribution in [1.29, 1.82) is 0 Å². The van der Waals surface area contributed by atoms with E-state index in [1.807, 2.05) is 6.92 Å². The number of hydrogen-bond acceptors (Lipinski definition) is 4. The molecule has 2 aromatic heterocycles. The molecule has 3 rings (SSSR count). The summed E-state index contributed by atoms with van der Waals surface area (Å²) >= 11 is 0. The lowest BCUT2D eigenvalue weighted by Gasteiger charge is -2.00. The minimum atomic E-state index is -0.436. The molecule has 6 nitrogen and oxygen atoms in total. The number of nitrogen functional groups attached to an aromatic ring is 1. The number of anilines is 1. The summed E-state index contributed by atoms with van der Waals surface area (Å²) in [6.45, 7) is 1.84. The van der Waals surface area contributed by atoms with E-state index in [2.05, 4.69) is 19.9 Å². The van der Waals surface area contributed by atoms with E-state index in [4.69, 9.17) is 5.73 Å². The van der Waals surface area contributed by atoms with Crippen LogP contribution in [0.5, 0.6) is 0 Å². The SMILES string of the molecule is Cc1ccc(F)c(-c2nc3nc(N)[nH]c(=O)c3[nH]2)c1.